The third-order valence-electron chi connectivity index (χ3n) is 2.63. The molecule has 1 amide bonds. The Bertz CT molecular complexity index is 527. The summed E-state index contributed by atoms with van der Waals surface area (Å²) in [6.45, 7) is 7.00. The zero-order chi connectivity index (χ0) is 12.4. The quantitative estimate of drug-likeness (QED) is 0.907. The lowest BCUT2D eigenvalue weighted by Crippen LogP contribution is -2.25. The summed E-state index contributed by atoms with van der Waals surface area (Å²) in [5.41, 5.74) is 1.61. The van der Waals surface area contributed by atoms with Crippen LogP contribution in [0.3, 0.4) is 0 Å². The minimum absolute atomic E-state index is 0.0825. The molecule has 0 aliphatic heterocycles. The van der Waals surface area contributed by atoms with Crippen molar-refractivity contribution < 1.29 is 4.79 Å². The Labute approximate surface area is 105 Å². The molecule has 17 heavy (non-hydrogen) atoms. The first-order valence-electron chi connectivity index (χ1n) is 5.79. The fourth-order valence-corrected chi connectivity index (χ4v) is 2.42. The van der Waals surface area contributed by atoms with E-state index in [1.165, 1.54) is 0 Å². The highest BCUT2D eigenvalue weighted by atomic mass is 32.1. The van der Waals surface area contributed by atoms with E-state index in [0.717, 1.165) is 17.1 Å². The molecule has 0 bridgehead atoms. The number of thiazole rings is 1. The summed E-state index contributed by atoms with van der Waals surface area (Å²) in [7, 11) is 0. The van der Waals surface area contributed by atoms with Gasteiger partial charge in [0.05, 0.1) is 0 Å². The second-order valence-corrected chi connectivity index (χ2v) is 5.43. The van der Waals surface area contributed by atoms with Crippen molar-refractivity contribution in [2.45, 2.75) is 27.2 Å². The first kappa shape index (κ1) is 12.1. The van der Waals surface area contributed by atoms with Crippen molar-refractivity contribution in [1.29, 1.82) is 0 Å². The molecule has 2 rings (SSSR count). The van der Waals surface area contributed by atoms with Gasteiger partial charge in [0.25, 0.3) is 5.91 Å². The van der Waals surface area contributed by atoms with Gasteiger partial charge in [-0.2, -0.15) is 0 Å². The molecule has 0 spiro atoms. The lowest BCUT2D eigenvalue weighted by Gasteiger charge is -2.05. The summed E-state index contributed by atoms with van der Waals surface area (Å²) in [4.78, 5) is 17.0. The van der Waals surface area contributed by atoms with Gasteiger partial charge < -0.3 is 5.32 Å². The number of carbonyl (C=O) groups is 1. The van der Waals surface area contributed by atoms with E-state index in [1.807, 2.05) is 16.7 Å². The Balaban J connectivity index is 2.03. The van der Waals surface area contributed by atoms with E-state index in [-0.39, 0.29) is 5.91 Å². The first-order chi connectivity index (χ1) is 8.08. The molecule has 2 aromatic rings. The zero-order valence-corrected chi connectivity index (χ0v) is 11.2. The van der Waals surface area contributed by atoms with Gasteiger partial charge in [0.1, 0.15) is 5.69 Å². The van der Waals surface area contributed by atoms with Gasteiger partial charge in [0, 0.05) is 23.8 Å². The van der Waals surface area contributed by atoms with Crippen LogP contribution in [0.25, 0.3) is 4.96 Å². The number of fused-ring (bicyclic) bond motifs is 1. The van der Waals surface area contributed by atoms with Crippen LogP contribution in [0, 0.1) is 12.8 Å². The summed E-state index contributed by atoms with van der Waals surface area (Å²) in [6, 6.07) is 0. The normalized spacial score (nSPS) is 11.3. The van der Waals surface area contributed by atoms with Gasteiger partial charge in [-0.25, -0.2) is 4.98 Å². The second kappa shape index (κ2) is 4.87. The Morgan fingerprint density at radius 1 is 1.59 bits per heavy atom. The minimum Gasteiger partial charge on any atom is -0.351 e. The molecule has 0 unspecified atom stereocenters. The van der Waals surface area contributed by atoms with Crippen LogP contribution < -0.4 is 5.32 Å². The van der Waals surface area contributed by atoms with Crippen LogP contribution in [-0.2, 0) is 0 Å². The van der Waals surface area contributed by atoms with Crippen molar-refractivity contribution in [3.8, 4) is 0 Å². The number of imidazole rings is 1. The Hall–Kier alpha value is -1.36. The van der Waals surface area contributed by atoms with Crippen LogP contribution in [-0.4, -0.2) is 21.8 Å². The molecule has 0 radical (unpaired) electrons. The Morgan fingerprint density at radius 3 is 3.00 bits per heavy atom. The molecule has 5 heteroatoms. The Kier molecular flexibility index (Phi) is 3.47. The topological polar surface area (TPSA) is 46.4 Å². The highest BCUT2D eigenvalue weighted by Gasteiger charge is 2.12. The maximum Gasteiger partial charge on any atom is 0.271 e. The van der Waals surface area contributed by atoms with Gasteiger partial charge in [0.2, 0.25) is 0 Å². The van der Waals surface area contributed by atoms with E-state index in [2.05, 4.69) is 24.1 Å². The molecule has 0 aliphatic rings. The van der Waals surface area contributed by atoms with Gasteiger partial charge in [0.15, 0.2) is 4.96 Å². The van der Waals surface area contributed by atoms with Crippen molar-refractivity contribution in [3.63, 3.8) is 0 Å². The van der Waals surface area contributed by atoms with Gasteiger partial charge >= 0.3 is 0 Å². The smallest absolute Gasteiger partial charge is 0.271 e. The molecule has 0 atom stereocenters. The third kappa shape index (κ3) is 2.66. The van der Waals surface area contributed by atoms with Gasteiger partial charge in [-0.1, -0.05) is 13.8 Å². The zero-order valence-electron chi connectivity index (χ0n) is 10.4. The van der Waals surface area contributed by atoms with Crippen molar-refractivity contribution in [1.82, 2.24) is 14.7 Å². The molecule has 0 saturated carbocycles. The SMILES string of the molecule is Cc1csc2nc(C(=O)NCCC(C)C)cn12. The number of nitrogens with one attached hydrogen (secondary N) is 1. The number of nitrogens with zero attached hydrogens (tertiary/aromatic N) is 2. The van der Waals surface area contributed by atoms with Crippen molar-refractivity contribution in [2.75, 3.05) is 6.54 Å². The molecular weight excluding hydrogens is 234 g/mol. The first-order valence-corrected chi connectivity index (χ1v) is 6.67. The second-order valence-electron chi connectivity index (χ2n) is 4.59. The van der Waals surface area contributed by atoms with E-state index in [1.54, 1.807) is 17.5 Å². The van der Waals surface area contributed by atoms with E-state index in [4.69, 9.17) is 0 Å². The number of hydrogen-bond acceptors (Lipinski definition) is 3. The van der Waals surface area contributed by atoms with Crippen molar-refractivity contribution in [3.05, 3.63) is 23.0 Å². The van der Waals surface area contributed by atoms with Gasteiger partial charge in [-0.3, -0.25) is 9.20 Å². The van der Waals surface area contributed by atoms with Crippen LogP contribution in [0.1, 0.15) is 36.5 Å². The average molecular weight is 251 g/mol. The van der Waals surface area contributed by atoms with E-state index >= 15 is 0 Å². The molecule has 0 saturated heterocycles. The summed E-state index contributed by atoms with van der Waals surface area (Å²) in [5.74, 6) is 0.518. The lowest BCUT2D eigenvalue weighted by molar-refractivity contribution is 0.0947. The van der Waals surface area contributed by atoms with Crippen LogP contribution >= 0.6 is 11.3 Å². The van der Waals surface area contributed by atoms with E-state index in [9.17, 15) is 4.79 Å². The van der Waals surface area contributed by atoms with Crippen LogP contribution in [0.15, 0.2) is 11.6 Å². The predicted octanol–water partition coefficient (Wildman–Crippen LogP) is 2.48. The molecule has 4 nitrogen and oxygen atoms in total. The molecule has 0 aromatic carbocycles. The summed E-state index contributed by atoms with van der Waals surface area (Å²) >= 11 is 1.55. The van der Waals surface area contributed by atoms with E-state index in [0.29, 0.717) is 18.2 Å². The molecule has 2 aromatic heterocycles. The maximum atomic E-state index is 11.8. The largest absolute Gasteiger partial charge is 0.351 e. The molecule has 2 heterocycles. The fourth-order valence-electron chi connectivity index (χ4n) is 1.57. The summed E-state index contributed by atoms with van der Waals surface area (Å²) < 4.78 is 1.95. The number of rotatable bonds is 4. The molecular formula is C12H17N3OS. The van der Waals surface area contributed by atoms with Crippen molar-refractivity contribution in [2.24, 2.45) is 5.92 Å². The number of amides is 1. The van der Waals surface area contributed by atoms with Gasteiger partial charge in [-0.15, -0.1) is 11.3 Å². The minimum atomic E-state index is -0.0825. The average Bonchev–Trinajstić information content (AvgIpc) is 2.81. The highest BCUT2D eigenvalue weighted by Crippen LogP contribution is 2.15. The molecule has 92 valence electrons. The predicted molar refractivity (Wildman–Crippen MR) is 69.6 cm³/mol. The number of aryl methyl sites for hydroxylation is 1. The van der Waals surface area contributed by atoms with E-state index < -0.39 is 0 Å². The molecule has 0 fully saturated rings. The number of aromatic nitrogens is 2. The number of carbonyl (C=O) groups excluding carboxylic acids is 1. The monoisotopic (exact) mass is 251 g/mol. The molecule has 1 N–H and O–H groups in total. The van der Waals surface area contributed by atoms with Gasteiger partial charge in [-0.05, 0) is 19.3 Å². The third-order valence-corrected chi connectivity index (χ3v) is 3.59. The molecule has 0 aliphatic carbocycles. The summed E-state index contributed by atoms with van der Waals surface area (Å²) in [5, 5.41) is 4.92. The van der Waals surface area contributed by atoms with Crippen LogP contribution in [0.5, 0.6) is 0 Å². The fraction of sp³-hybridized carbons (Fsp3) is 0.500. The van der Waals surface area contributed by atoms with Crippen molar-refractivity contribution >= 4 is 22.2 Å². The van der Waals surface area contributed by atoms with Crippen LogP contribution in [0.2, 0.25) is 0 Å². The number of hydrogen-bond donors (Lipinski definition) is 1. The Morgan fingerprint density at radius 2 is 2.35 bits per heavy atom. The maximum absolute atomic E-state index is 11.8. The van der Waals surface area contributed by atoms with Crippen LogP contribution in [0.4, 0.5) is 0 Å². The highest BCUT2D eigenvalue weighted by molar-refractivity contribution is 7.15. The lowest BCUT2D eigenvalue weighted by atomic mass is 10.1. The summed E-state index contributed by atoms with van der Waals surface area (Å²) in [6.07, 6.45) is 2.79. The standard InChI is InChI=1S/C12H17N3OS/c1-8(2)4-5-13-11(16)10-6-15-9(3)7-17-12(15)14-10/h6-8H,4-5H2,1-3H3,(H,13,16).